The van der Waals surface area contributed by atoms with Crippen molar-refractivity contribution in [3.63, 3.8) is 0 Å². The molecule has 0 heterocycles. The Morgan fingerprint density at radius 1 is 0.806 bits per heavy atom. The standard InChI is InChI=1S/C16H18O2.C15H16O2.CH4/c1-4-6-13-10-14(16(17)18-3)11(2)9-15(13)12-7-5-8-12;1-4-11-9-13(15(16)17-3)10(2)8-14(11)12-6-5-7-12;/h9-10,12H,5,7-8H2,1-3H3;1,8-9,12H,5-7H2,2-3H3;1H4. The molecule has 2 aromatic rings. The average Bonchev–Trinajstić information content (AvgIpc) is 2.78. The number of carbonyl (C=O) groups is 2. The fraction of sp³-hybridized carbons (Fsp3) is 0.438. The number of hydrogen-bond donors (Lipinski definition) is 0. The highest BCUT2D eigenvalue weighted by molar-refractivity contribution is 5.92. The maximum Gasteiger partial charge on any atom is 0.338 e. The van der Waals surface area contributed by atoms with Crippen LogP contribution < -0.4 is 0 Å². The molecular formula is C32H38O4. The number of aryl methyl sites for hydroxylation is 2. The van der Waals surface area contributed by atoms with Gasteiger partial charge >= 0.3 is 11.9 Å². The van der Waals surface area contributed by atoms with Crippen molar-refractivity contribution in [3.8, 4) is 24.2 Å². The van der Waals surface area contributed by atoms with E-state index in [1.54, 1.807) is 6.07 Å². The maximum atomic E-state index is 11.7. The van der Waals surface area contributed by atoms with Gasteiger partial charge in [0.15, 0.2) is 0 Å². The summed E-state index contributed by atoms with van der Waals surface area (Å²) in [4.78, 5) is 23.3. The van der Waals surface area contributed by atoms with E-state index in [0.717, 1.165) is 22.3 Å². The number of esters is 2. The molecule has 4 rings (SSSR count). The maximum absolute atomic E-state index is 11.7. The van der Waals surface area contributed by atoms with Crippen LogP contribution in [-0.4, -0.2) is 26.2 Å². The number of rotatable bonds is 4. The quantitative estimate of drug-likeness (QED) is 0.342. The van der Waals surface area contributed by atoms with E-state index in [4.69, 9.17) is 15.9 Å². The minimum atomic E-state index is -0.320. The Labute approximate surface area is 216 Å². The van der Waals surface area contributed by atoms with Gasteiger partial charge in [-0.3, -0.25) is 0 Å². The molecule has 0 bridgehead atoms. The molecule has 0 aromatic heterocycles. The molecule has 0 radical (unpaired) electrons. The monoisotopic (exact) mass is 486 g/mol. The summed E-state index contributed by atoms with van der Waals surface area (Å²) in [7, 11) is 2.80. The summed E-state index contributed by atoms with van der Waals surface area (Å²) in [6.45, 7) is 5.70. The Bertz CT molecular complexity index is 1210. The summed E-state index contributed by atoms with van der Waals surface area (Å²) in [5.74, 6) is 9.31. The molecule has 2 aliphatic rings. The lowest BCUT2D eigenvalue weighted by Crippen LogP contribution is -2.13. The molecule has 0 saturated heterocycles. The second-order valence-corrected chi connectivity index (χ2v) is 9.27. The Morgan fingerprint density at radius 2 is 1.22 bits per heavy atom. The SMILES string of the molecule is C.C#Cc1cc(C(=O)OC)c(C)cc1C1CCC1.CC#Cc1cc(C(=O)OC)c(C)cc1C1CCC1. The Hall–Kier alpha value is -3.50. The number of methoxy groups -OCH3 is 2. The van der Waals surface area contributed by atoms with Crippen molar-refractivity contribution in [1.82, 2.24) is 0 Å². The first-order valence-electron chi connectivity index (χ1n) is 12.2. The van der Waals surface area contributed by atoms with Gasteiger partial charge in [0.25, 0.3) is 0 Å². The van der Waals surface area contributed by atoms with Crippen molar-refractivity contribution in [2.45, 2.75) is 78.6 Å². The van der Waals surface area contributed by atoms with E-state index in [9.17, 15) is 9.59 Å². The molecule has 0 aliphatic heterocycles. The van der Waals surface area contributed by atoms with E-state index in [-0.39, 0.29) is 19.4 Å². The largest absolute Gasteiger partial charge is 0.465 e. The lowest BCUT2D eigenvalue weighted by Gasteiger charge is -2.27. The first-order valence-corrected chi connectivity index (χ1v) is 12.2. The topological polar surface area (TPSA) is 52.6 Å². The zero-order chi connectivity index (χ0) is 25.5. The highest BCUT2D eigenvalue weighted by Crippen LogP contribution is 2.39. The van der Waals surface area contributed by atoms with Crippen LogP contribution in [-0.2, 0) is 9.47 Å². The third kappa shape index (κ3) is 6.19. The number of ether oxygens (including phenoxy) is 2. The number of benzene rings is 2. The molecule has 0 unspecified atom stereocenters. The van der Waals surface area contributed by atoms with Crippen molar-refractivity contribution in [1.29, 1.82) is 0 Å². The Kier molecular flexibility index (Phi) is 10.4. The summed E-state index contributed by atoms with van der Waals surface area (Å²) in [6, 6.07) is 7.82. The zero-order valence-electron chi connectivity index (χ0n) is 21.4. The Morgan fingerprint density at radius 3 is 1.56 bits per heavy atom. The molecule has 4 heteroatoms. The van der Waals surface area contributed by atoms with Gasteiger partial charge in [-0.15, -0.1) is 12.3 Å². The van der Waals surface area contributed by atoms with E-state index in [1.165, 1.54) is 63.9 Å². The summed E-state index contributed by atoms with van der Waals surface area (Å²) >= 11 is 0. The predicted octanol–water partition coefficient (Wildman–Crippen LogP) is 7.09. The highest BCUT2D eigenvalue weighted by atomic mass is 16.5. The van der Waals surface area contributed by atoms with Gasteiger partial charge < -0.3 is 9.47 Å². The van der Waals surface area contributed by atoms with Gasteiger partial charge in [-0.25, -0.2) is 9.59 Å². The summed E-state index contributed by atoms with van der Waals surface area (Å²) in [6.07, 6.45) is 13.0. The number of terminal acetylenes is 1. The predicted molar refractivity (Wildman–Crippen MR) is 145 cm³/mol. The fourth-order valence-electron chi connectivity index (χ4n) is 4.60. The van der Waals surface area contributed by atoms with Gasteiger partial charge in [0.2, 0.25) is 0 Å². The molecule has 2 aliphatic carbocycles. The van der Waals surface area contributed by atoms with Crippen LogP contribution in [0.2, 0.25) is 0 Å². The van der Waals surface area contributed by atoms with E-state index in [0.29, 0.717) is 23.0 Å². The average molecular weight is 487 g/mol. The van der Waals surface area contributed by atoms with Crippen molar-refractivity contribution < 1.29 is 19.1 Å². The van der Waals surface area contributed by atoms with Crippen molar-refractivity contribution in [3.05, 3.63) is 68.8 Å². The molecule has 2 saturated carbocycles. The smallest absolute Gasteiger partial charge is 0.338 e. The minimum absolute atomic E-state index is 0. The molecule has 2 fully saturated rings. The molecule has 0 amide bonds. The summed E-state index contributed by atoms with van der Waals surface area (Å²) in [5.41, 5.74) is 7.43. The number of hydrogen-bond acceptors (Lipinski definition) is 4. The van der Waals surface area contributed by atoms with Crippen LogP contribution in [0.25, 0.3) is 0 Å². The third-order valence-electron chi connectivity index (χ3n) is 7.11. The van der Waals surface area contributed by atoms with Crippen LogP contribution in [0.3, 0.4) is 0 Å². The lowest BCUT2D eigenvalue weighted by atomic mass is 9.77. The van der Waals surface area contributed by atoms with Crippen molar-refractivity contribution >= 4 is 11.9 Å². The minimum Gasteiger partial charge on any atom is -0.465 e. The van der Waals surface area contributed by atoms with Gasteiger partial charge in [0.1, 0.15) is 0 Å². The van der Waals surface area contributed by atoms with Gasteiger partial charge in [0, 0.05) is 11.1 Å². The highest BCUT2D eigenvalue weighted by Gasteiger charge is 2.25. The van der Waals surface area contributed by atoms with Gasteiger partial charge in [-0.05, 0) is 92.7 Å². The summed E-state index contributed by atoms with van der Waals surface area (Å²) in [5, 5.41) is 0. The van der Waals surface area contributed by atoms with Gasteiger partial charge in [-0.2, -0.15) is 0 Å². The first-order chi connectivity index (χ1) is 16.8. The fourth-order valence-corrected chi connectivity index (χ4v) is 4.60. The second-order valence-electron chi connectivity index (χ2n) is 9.27. The van der Waals surface area contributed by atoms with Crippen LogP contribution in [0.4, 0.5) is 0 Å². The van der Waals surface area contributed by atoms with Gasteiger partial charge in [0.05, 0.1) is 25.3 Å². The van der Waals surface area contributed by atoms with Crippen LogP contribution >= 0.6 is 0 Å². The van der Waals surface area contributed by atoms with E-state index in [1.807, 2.05) is 32.9 Å². The van der Waals surface area contributed by atoms with E-state index >= 15 is 0 Å². The van der Waals surface area contributed by atoms with Crippen LogP contribution in [0.15, 0.2) is 24.3 Å². The van der Waals surface area contributed by atoms with Crippen LogP contribution in [0.5, 0.6) is 0 Å². The second kappa shape index (κ2) is 13.0. The molecule has 190 valence electrons. The van der Waals surface area contributed by atoms with Crippen molar-refractivity contribution in [2.75, 3.05) is 14.2 Å². The molecule has 2 aromatic carbocycles. The molecular weight excluding hydrogens is 448 g/mol. The zero-order valence-corrected chi connectivity index (χ0v) is 21.4. The normalized spacial score (nSPS) is 14.2. The lowest BCUT2D eigenvalue weighted by molar-refractivity contribution is 0.0591. The molecule has 4 nitrogen and oxygen atoms in total. The molecule has 0 spiro atoms. The number of carbonyl (C=O) groups excluding carboxylic acids is 2. The van der Waals surface area contributed by atoms with Gasteiger partial charge in [-0.1, -0.05) is 44.2 Å². The summed E-state index contributed by atoms with van der Waals surface area (Å²) < 4.78 is 9.55. The molecule has 0 atom stereocenters. The van der Waals surface area contributed by atoms with Crippen LogP contribution in [0.1, 0.15) is 119 Å². The third-order valence-corrected chi connectivity index (χ3v) is 7.11. The van der Waals surface area contributed by atoms with E-state index < -0.39 is 0 Å². The molecule has 0 N–H and O–H groups in total. The Balaban J connectivity index is 0.000000247. The molecule has 36 heavy (non-hydrogen) atoms. The first kappa shape index (κ1) is 28.7. The van der Waals surface area contributed by atoms with E-state index in [2.05, 4.69) is 23.8 Å². The van der Waals surface area contributed by atoms with Crippen LogP contribution in [0, 0.1) is 38.0 Å². The van der Waals surface area contributed by atoms with Crippen molar-refractivity contribution in [2.24, 2.45) is 0 Å².